The van der Waals surface area contributed by atoms with Gasteiger partial charge in [-0.1, -0.05) is 11.6 Å². The van der Waals surface area contributed by atoms with Crippen LogP contribution in [0.25, 0.3) is 10.9 Å². The summed E-state index contributed by atoms with van der Waals surface area (Å²) in [5.41, 5.74) is 2.70. The van der Waals surface area contributed by atoms with Gasteiger partial charge in [-0.05, 0) is 66.6 Å². The van der Waals surface area contributed by atoms with Crippen molar-refractivity contribution in [2.24, 2.45) is 0 Å². The highest BCUT2D eigenvalue weighted by molar-refractivity contribution is 5.79. The summed E-state index contributed by atoms with van der Waals surface area (Å²) in [6.45, 7) is 6.10. The average Bonchev–Trinajstić information content (AvgIpc) is 3.54. The Bertz CT molecular complexity index is 1110. The molecule has 9 heteroatoms. The minimum atomic E-state index is -0.0577. The van der Waals surface area contributed by atoms with Gasteiger partial charge >= 0.3 is 0 Å². The van der Waals surface area contributed by atoms with Gasteiger partial charge in [-0.2, -0.15) is 0 Å². The summed E-state index contributed by atoms with van der Waals surface area (Å²) >= 11 is 0. The van der Waals surface area contributed by atoms with Gasteiger partial charge in [0.05, 0.1) is 25.3 Å². The van der Waals surface area contributed by atoms with Gasteiger partial charge in [0.15, 0.2) is 5.82 Å². The van der Waals surface area contributed by atoms with Crippen LogP contribution in [0.3, 0.4) is 0 Å². The number of H-pyrrole nitrogens is 1. The Morgan fingerprint density at radius 1 is 1.12 bits per heavy atom. The van der Waals surface area contributed by atoms with E-state index in [-0.39, 0.29) is 17.8 Å². The van der Waals surface area contributed by atoms with Gasteiger partial charge in [0, 0.05) is 37.4 Å². The van der Waals surface area contributed by atoms with Crippen molar-refractivity contribution in [3.05, 3.63) is 51.6 Å². The Labute approximate surface area is 186 Å². The molecule has 0 bridgehead atoms. The van der Waals surface area contributed by atoms with Crippen molar-refractivity contribution in [3.8, 4) is 0 Å². The minimum Gasteiger partial charge on any atom is -0.377 e. The maximum atomic E-state index is 12.8. The molecule has 9 nitrogen and oxygen atoms in total. The molecule has 2 fully saturated rings. The standard InChI is InChI=1S/C23H30N6O3/c1-16-6-7-21-17(10-16)11-18(23(30)24-21)12-28(13-19-4-2-8-31-19)15-22-25-26-27-29(22)14-20-5-3-9-32-20/h6-7,10-11,19-20H,2-5,8-9,12-15H2,1H3,(H,24,30)/t19-,20+/m1/s1. The number of nitrogens with one attached hydrogen (secondary N) is 1. The maximum absolute atomic E-state index is 12.8. The first-order valence-corrected chi connectivity index (χ1v) is 11.5. The molecule has 2 saturated heterocycles. The molecule has 0 aliphatic carbocycles. The number of benzene rings is 1. The van der Waals surface area contributed by atoms with Crippen LogP contribution in [0, 0.1) is 6.92 Å². The van der Waals surface area contributed by atoms with E-state index in [4.69, 9.17) is 9.47 Å². The summed E-state index contributed by atoms with van der Waals surface area (Å²) in [5, 5.41) is 13.4. The van der Waals surface area contributed by atoms with Crippen LogP contribution in [0.2, 0.25) is 0 Å². The van der Waals surface area contributed by atoms with Crippen LogP contribution in [-0.2, 0) is 29.1 Å². The second kappa shape index (κ2) is 9.48. The predicted molar refractivity (Wildman–Crippen MR) is 119 cm³/mol. The predicted octanol–water partition coefficient (Wildman–Crippen LogP) is 2.18. The van der Waals surface area contributed by atoms with Crippen molar-refractivity contribution < 1.29 is 9.47 Å². The van der Waals surface area contributed by atoms with Gasteiger partial charge in [0.1, 0.15) is 0 Å². The normalized spacial score (nSPS) is 21.2. The first kappa shape index (κ1) is 21.2. The molecule has 1 N–H and O–H groups in total. The molecule has 5 rings (SSSR count). The fourth-order valence-electron chi connectivity index (χ4n) is 4.65. The quantitative estimate of drug-likeness (QED) is 0.576. The Hall–Kier alpha value is -2.62. The SMILES string of the molecule is Cc1ccc2[nH]c(=O)c(CN(Cc3nnnn3C[C@@H]3CCCO3)C[C@H]3CCCO3)cc2c1. The minimum absolute atomic E-state index is 0.0577. The van der Waals surface area contributed by atoms with Crippen molar-refractivity contribution in [2.45, 2.75) is 64.4 Å². The van der Waals surface area contributed by atoms with Crippen LogP contribution in [0.15, 0.2) is 29.1 Å². The van der Waals surface area contributed by atoms with Crippen molar-refractivity contribution >= 4 is 10.9 Å². The molecule has 3 aromatic rings. The van der Waals surface area contributed by atoms with Crippen LogP contribution >= 0.6 is 0 Å². The number of aromatic amines is 1. The highest BCUT2D eigenvalue weighted by Crippen LogP contribution is 2.19. The Morgan fingerprint density at radius 3 is 2.72 bits per heavy atom. The first-order chi connectivity index (χ1) is 15.6. The fraction of sp³-hybridized carbons (Fsp3) is 0.565. The average molecular weight is 439 g/mol. The third-order valence-electron chi connectivity index (χ3n) is 6.33. The molecule has 2 aliphatic heterocycles. The van der Waals surface area contributed by atoms with Gasteiger partial charge in [-0.15, -0.1) is 5.10 Å². The molecule has 2 atom stereocenters. The Kier molecular flexibility index (Phi) is 6.29. The van der Waals surface area contributed by atoms with Crippen LogP contribution in [0.5, 0.6) is 0 Å². The summed E-state index contributed by atoms with van der Waals surface area (Å²) in [7, 11) is 0. The summed E-state index contributed by atoms with van der Waals surface area (Å²) < 4.78 is 13.5. The summed E-state index contributed by atoms with van der Waals surface area (Å²) in [6, 6.07) is 8.06. The number of hydrogen-bond acceptors (Lipinski definition) is 7. The number of fused-ring (bicyclic) bond motifs is 1. The second-order valence-electron chi connectivity index (χ2n) is 8.93. The number of aromatic nitrogens is 5. The zero-order chi connectivity index (χ0) is 21.9. The van der Waals surface area contributed by atoms with E-state index in [1.165, 1.54) is 5.56 Å². The molecule has 0 radical (unpaired) electrons. The molecule has 2 aromatic heterocycles. The first-order valence-electron chi connectivity index (χ1n) is 11.5. The van der Waals surface area contributed by atoms with Crippen molar-refractivity contribution in [1.29, 1.82) is 0 Å². The highest BCUT2D eigenvalue weighted by atomic mass is 16.5. The zero-order valence-corrected chi connectivity index (χ0v) is 18.5. The zero-order valence-electron chi connectivity index (χ0n) is 18.5. The molecule has 0 spiro atoms. The van der Waals surface area contributed by atoms with E-state index in [1.807, 2.05) is 22.9 Å². The molecular formula is C23H30N6O3. The van der Waals surface area contributed by atoms with E-state index in [0.717, 1.165) is 67.7 Å². The lowest BCUT2D eigenvalue weighted by Crippen LogP contribution is -2.34. The molecule has 170 valence electrons. The van der Waals surface area contributed by atoms with Crippen molar-refractivity contribution in [3.63, 3.8) is 0 Å². The monoisotopic (exact) mass is 438 g/mol. The van der Waals surface area contributed by atoms with Crippen molar-refractivity contribution in [1.82, 2.24) is 30.1 Å². The third kappa shape index (κ3) is 4.90. The number of nitrogens with zero attached hydrogens (tertiary/aromatic N) is 5. The largest absolute Gasteiger partial charge is 0.377 e. The summed E-state index contributed by atoms with van der Waals surface area (Å²) in [5.74, 6) is 0.784. The summed E-state index contributed by atoms with van der Waals surface area (Å²) in [6.07, 6.45) is 4.55. The number of ether oxygens (including phenoxy) is 2. The molecule has 4 heterocycles. The van der Waals surface area contributed by atoms with E-state index < -0.39 is 0 Å². The molecule has 2 aliphatic rings. The Morgan fingerprint density at radius 2 is 1.94 bits per heavy atom. The number of tetrazole rings is 1. The van der Waals surface area contributed by atoms with Gasteiger partial charge in [-0.3, -0.25) is 9.69 Å². The lowest BCUT2D eigenvalue weighted by Gasteiger charge is -2.25. The van der Waals surface area contributed by atoms with Gasteiger partial charge in [0.2, 0.25) is 0 Å². The number of rotatable bonds is 8. The van der Waals surface area contributed by atoms with Gasteiger partial charge in [0.25, 0.3) is 5.56 Å². The van der Waals surface area contributed by atoms with E-state index in [0.29, 0.717) is 19.6 Å². The Balaban J connectivity index is 1.38. The highest BCUT2D eigenvalue weighted by Gasteiger charge is 2.24. The molecule has 1 aromatic carbocycles. The molecule has 0 unspecified atom stereocenters. The van der Waals surface area contributed by atoms with Crippen molar-refractivity contribution in [2.75, 3.05) is 19.8 Å². The van der Waals surface area contributed by atoms with Crippen LogP contribution in [0.1, 0.15) is 42.6 Å². The number of hydrogen-bond donors (Lipinski definition) is 1. The number of aryl methyl sites for hydroxylation is 1. The van der Waals surface area contributed by atoms with Crippen LogP contribution < -0.4 is 5.56 Å². The molecule has 0 amide bonds. The molecule has 0 saturated carbocycles. The summed E-state index contributed by atoms with van der Waals surface area (Å²) in [4.78, 5) is 18.1. The fourth-order valence-corrected chi connectivity index (χ4v) is 4.65. The third-order valence-corrected chi connectivity index (χ3v) is 6.33. The topological polar surface area (TPSA) is 98.2 Å². The van der Waals surface area contributed by atoms with E-state index >= 15 is 0 Å². The van der Waals surface area contributed by atoms with E-state index in [1.54, 1.807) is 0 Å². The lowest BCUT2D eigenvalue weighted by atomic mass is 10.1. The molecule has 32 heavy (non-hydrogen) atoms. The number of pyridine rings is 1. The van der Waals surface area contributed by atoms with Crippen LogP contribution in [-0.4, -0.2) is 62.1 Å². The second-order valence-corrected chi connectivity index (χ2v) is 8.93. The smallest absolute Gasteiger partial charge is 0.252 e. The van der Waals surface area contributed by atoms with Gasteiger partial charge in [-0.25, -0.2) is 4.68 Å². The molecular weight excluding hydrogens is 408 g/mol. The van der Waals surface area contributed by atoms with E-state index in [2.05, 4.69) is 38.4 Å². The lowest BCUT2D eigenvalue weighted by molar-refractivity contribution is 0.0647. The van der Waals surface area contributed by atoms with Gasteiger partial charge < -0.3 is 14.5 Å². The maximum Gasteiger partial charge on any atom is 0.252 e. The van der Waals surface area contributed by atoms with Crippen LogP contribution in [0.4, 0.5) is 0 Å². The van der Waals surface area contributed by atoms with E-state index in [9.17, 15) is 4.79 Å².